The summed E-state index contributed by atoms with van der Waals surface area (Å²) in [5.41, 5.74) is 12.2. The van der Waals surface area contributed by atoms with Crippen LogP contribution in [-0.4, -0.2) is 58.0 Å². The van der Waals surface area contributed by atoms with Crippen molar-refractivity contribution in [3.05, 3.63) is 53.7 Å². The van der Waals surface area contributed by atoms with Crippen molar-refractivity contribution in [2.24, 2.45) is 0 Å². The van der Waals surface area contributed by atoms with Crippen molar-refractivity contribution in [3.8, 4) is 22.4 Å². The second-order valence-electron chi connectivity index (χ2n) is 7.67. The van der Waals surface area contributed by atoms with Gasteiger partial charge in [-0.15, -0.1) is 11.3 Å². The molecule has 1 saturated heterocycles. The van der Waals surface area contributed by atoms with Crippen molar-refractivity contribution in [2.45, 2.75) is 6.54 Å². The number of hydrogen-bond acceptors (Lipinski definition) is 6. The largest absolute Gasteiger partial charge is 0.375 e. The molecule has 7 heteroatoms. The Kier molecular flexibility index (Phi) is 4.79. The molecule has 148 valence electrons. The molecule has 0 aliphatic carbocycles. The molecular formula is C22H24N6S. The maximum absolute atomic E-state index is 5.81. The van der Waals surface area contributed by atoms with E-state index in [1.165, 1.54) is 22.5 Å². The van der Waals surface area contributed by atoms with Gasteiger partial charge in [0.25, 0.3) is 0 Å². The smallest absolute Gasteiger partial charge is 0.180 e. The van der Waals surface area contributed by atoms with Gasteiger partial charge >= 0.3 is 0 Å². The molecule has 5 rings (SSSR count). The minimum atomic E-state index is 0.578. The predicted octanol–water partition coefficient (Wildman–Crippen LogP) is 3.68. The van der Waals surface area contributed by atoms with Crippen LogP contribution in [0.4, 0.5) is 5.13 Å². The number of nitrogens with one attached hydrogen (secondary N) is 1. The van der Waals surface area contributed by atoms with Crippen LogP contribution in [0, 0.1) is 0 Å². The number of hydrogen-bond donors (Lipinski definition) is 2. The highest BCUT2D eigenvalue weighted by atomic mass is 32.1. The van der Waals surface area contributed by atoms with Crippen molar-refractivity contribution in [3.63, 3.8) is 0 Å². The molecule has 0 atom stereocenters. The quantitative estimate of drug-likeness (QED) is 0.543. The fourth-order valence-corrected chi connectivity index (χ4v) is 4.41. The van der Waals surface area contributed by atoms with Crippen LogP contribution in [0.15, 0.2) is 48.1 Å². The molecule has 29 heavy (non-hydrogen) atoms. The van der Waals surface area contributed by atoms with Crippen molar-refractivity contribution in [1.29, 1.82) is 0 Å². The summed E-state index contributed by atoms with van der Waals surface area (Å²) in [6.45, 7) is 5.58. The zero-order valence-corrected chi connectivity index (χ0v) is 17.2. The van der Waals surface area contributed by atoms with Gasteiger partial charge in [0, 0.05) is 67.0 Å². The van der Waals surface area contributed by atoms with Crippen molar-refractivity contribution < 1.29 is 0 Å². The summed E-state index contributed by atoms with van der Waals surface area (Å²) in [5.74, 6) is 0. The third-order valence-electron chi connectivity index (χ3n) is 5.62. The number of nitrogen functional groups attached to an aromatic ring is 1. The lowest BCUT2D eigenvalue weighted by Crippen LogP contribution is -2.43. The SMILES string of the molecule is CN1CCN(Cc2ccc(-c3cnc4[nH]cc(-c5csc(N)n5)c4c3)cc2)CC1. The van der Waals surface area contributed by atoms with Crippen LogP contribution in [0.25, 0.3) is 33.4 Å². The third-order valence-corrected chi connectivity index (χ3v) is 6.29. The number of anilines is 1. The third kappa shape index (κ3) is 3.76. The van der Waals surface area contributed by atoms with Gasteiger partial charge < -0.3 is 15.6 Å². The Hall–Kier alpha value is -2.74. The highest BCUT2D eigenvalue weighted by Crippen LogP contribution is 2.32. The number of aromatic nitrogens is 3. The monoisotopic (exact) mass is 404 g/mol. The summed E-state index contributed by atoms with van der Waals surface area (Å²) < 4.78 is 0. The van der Waals surface area contributed by atoms with E-state index < -0.39 is 0 Å². The van der Waals surface area contributed by atoms with E-state index in [0.29, 0.717) is 5.13 Å². The van der Waals surface area contributed by atoms with E-state index >= 15 is 0 Å². The summed E-state index contributed by atoms with van der Waals surface area (Å²) in [5, 5.41) is 3.63. The molecule has 3 N–H and O–H groups in total. The highest BCUT2D eigenvalue weighted by molar-refractivity contribution is 7.13. The maximum atomic E-state index is 5.81. The zero-order valence-electron chi connectivity index (χ0n) is 16.4. The van der Waals surface area contributed by atoms with Gasteiger partial charge in [0.05, 0.1) is 5.69 Å². The lowest BCUT2D eigenvalue weighted by Gasteiger charge is -2.32. The van der Waals surface area contributed by atoms with Crippen LogP contribution < -0.4 is 5.73 Å². The Morgan fingerprint density at radius 2 is 1.90 bits per heavy atom. The number of nitrogens with zero attached hydrogens (tertiary/aromatic N) is 4. The van der Waals surface area contributed by atoms with Gasteiger partial charge in [-0.05, 0) is 24.2 Å². The molecule has 0 unspecified atom stereocenters. The first kappa shape index (κ1) is 18.3. The molecule has 0 spiro atoms. The number of nitrogens with two attached hydrogens (primary N) is 1. The lowest BCUT2D eigenvalue weighted by molar-refractivity contribution is 0.148. The van der Waals surface area contributed by atoms with E-state index in [9.17, 15) is 0 Å². The van der Waals surface area contributed by atoms with Gasteiger partial charge in [0.2, 0.25) is 0 Å². The summed E-state index contributed by atoms with van der Waals surface area (Å²) in [4.78, 5) is 17.2. The molecule has 6 nitrogen and oxygen atoms in total. The Morgan fingerprint density at radius 1 is 1.10 bits per heavy atom. The molecule has 3 aromatic heterocycles. The van der Waals surface area contributed by atoms with Crippen LogP contribution in [0.1, 0.15) is 5.56 Å². The van der Waals surface area contributed by atoms with Gasteiger partial charge in [0.1, 0.15) is 5.65 Å². The lowest BCUT2D eigenvalue weighted by atomic mass is 10.0. The van der Waals surface area contributed by atoms with Gasteiger partial charge in [0.15, 0.2) is 5.13 Å². The first-order valence-corrected chi connectivity index (χ1v) is 10.7. The molecular weight excluding hydrogens is 380 g/mol. The predicted molar refractivity (Wildman–Crippen MR) is 120 cm³/mol. The van der Waals surface area contributed by atoms with Crippen molar-refractivity contribution in [2.75, 3.05) is 39.0 Å². The molecule has 0 saturated carbocycles. The molecule has 1 aliphatic rings. The second-order valence-corrected chi connectivity index (χ2v) is 8.56. The minimum Gasteiger partial charge on any atom is -0.375 e. The molecule has 1 aliphatic heterocycles. The Morgan fingerprint density at radius 3 is 2.62 bits per heavy atom. The molecule has 0 amide bonds. The van der Waals surface area contributed by atoms with Gasteiger partial charge in [-0.1, -0.05) is 24.3 Å². The van der Waals surface area contributed by atoms with Crippen LogP contribution in [0.2, 0.25) is 0 Å². The summed E-state index contributed by atoms with van der Waals surface area (Å²) in [7, 11) is 2.19. The van der Waals surface area contributed by atoms with Gasteiger partial charge in [-0.2, -0.15) is 0 Å². The van der Waals surface area contributed by atoms with E-state index in [2.05, 4.69) is 62.1 Å². The number of aromatic amines is 1. The summed E-state index contributed by atoms with van der Waals surface area (Å²) >= 11 is 1.45. The number of likely N-dealkylation sites (N-methyl/N-ethyl adjacent to an activating group) is 1. The average Bonchev–Trinajstić information content (AvgIpc) is 3.35. The van der Waals surface area contributed by atoms with E-state index in [0.717, 1.165) is 60.6 Å². The van der Waals surface area contributed by atoms with E-state index in [1.807, 2.05) is 17.8 Å². The topological polar surface area (TPSA) is 74.1 Å². The second kappa shape index (κ2) is 7.59. The number of thiazole rings is 1. The number of rotatable bonds is 4. The van der Waals surface area contributed by atoms with Crippen LogP contribution in [0.5, 0.6) is 0 Å². The fourth-order valence-electron chi connectivity index (χ4n) is 3.85. The van der Waals surface area contributed by atoms with Crippen LogP contribution in [-0.2, 0) is 6.54 Å². The first-order chi connectivity index (χ1) is 14.2. The number of piperazine rings is 1. The number of pyridine rings is 1. The van der Waals surface area contributed by atoms with Crippen molar-refractivity contribution >= 4 is 27.5 Å². The number of fused-ring (bicyclic) bond motifs is 1. The number of benzene rings is 1. The normalized spacial score (nSPS) is 15.9. The van der Waals surface area contributed by atoms with Gasteiger partial charge in [-0.3, -0.25) is 4.90 Å². The van der Waals surface area contributed by atoms with E-state index in [1.54, 1.807) is 0 Å². The highest BCUT2D eigenvalue weighted by Gasteiger charge is 2.14. The minimum absolute atomic E-state index is 0.578. The molecule has 0 bridgehead atoms. The van der Waals surface area contributed by atoms with Gasteiger partial charge in [-0.25, -0.2) is 9.97 Å². The van der Waals surface area contributed by atoms with Crippen LogP contribution >= 0.6 is 11.3 Å². The Labute approximate surface area is 174 Å². The zero-order chi connectivity index (χ0) is 19.8. The van der Waals surface area contributed by atoms with E-state index in [-0.39, 0.29) is 0 Å². The molecule has 4 aromatic rings. The Bertz CT molecular complexity index is 1120. The number of H-pyrrole nitrogens is 1. The molecule has 0 radical (unpaired) electrons. The maximum Gasteiger partial charge on any atom is 0.180 e. The van der Waals surface area contributed by atoms with E-state index in [4.69, 9.17) is 5.73 Å². The standard InChI is InChI=1S/C22H24N6S/c1-27-6-8-28(9-7-27)13-15-2-4-16(5-3-15)17-10-18-19(12-25-21(18)24-11-17)20-14-29-22(23)26-20/h2-5,10-12,14H,6-9,13H2,1H3,(H2,23,26)(H,24,25). The van der Waals surface area contributed by atoms with Crippen LogP contribution in [0.3, 0.4) is 0 Å². The molecule has 1 fully saturated rings. The Balaban J connectivity index is 1.39. The summed E-state index contributed by atoms with van der Waals surface area (Å²) in [6.07, 6.45) is 3.88. The fraction of sp³-hybridized carbons (Fsp3) is 0.273. The van der Waals surface area contributed by atoms with Crippen molar-refractivity contribution in [1.82, 2.24) is 24.8 Å². The molecule has 4 heterocycles. The average molecular weight is 405 g/mol. The molecule has 1 aromatic carbocycles. The first-order valence-electron chi connectivity index (χ1n) is 9.84. The summed E-state index contributed by atoms with van der Waals surface area (Å²) in [6, 6.07) is 11.0.